The number of aryl methyl sites for hydroxylation is 2. The van der Waals surface area contributed by atoms with Crippen molar-refractivity contribution in [2.45, 2.75) is 58.5 Å². The number of benzene rings is 1. The van der Waals surface area contributed by atoms with Crippen LogP contribution >= 0.6 is 12.2 Å². The largest absolute Gasteiger partial charge is 0.360 e. The molecule has 0 amide bonds. The summed E-state index contributed by atoms with van der Waals surface area (Å²) in [5.41, 5.74) is 2.44. The molecule has 0 saturated heterocycles. The van der Waals surface area contributed by atoms with Gasteiger partial charge in [-0.15, -0.1) is 0 Å². The molecule has 1 aliphatic carbocycles. The van der Waals surface area contributed by atoms with Crippen molar-refractivity contribution in [1.82, 2.24) is 10.6 Å². The molecule has 0 bridgehead atoms. The van der Waals surface area contributed by atoms with Crippen molar-refractivity contribution in [2.24, 2.45) is 0 Å². The predicted octanol–water partition coefficient (Wildman–Crippen LogP) is 3.74. The Morgan fingerprint density at radius 3 is 2.40 bits per heavy atom. The summed E-state index contributed by atoms with van der Waals surface area (Å²) in [6, 6.07) is 4.26. The number of hydrogen-bond acceptors (Lipinski definition) is 1. The first-order chi connectivity index (χ1) is 9.56. The molecule has 2 rings (SSSR count). The summed E-state index contributed by atoms with van der Waals surface area (Å²) in [7, 11) is 0. The first-order valence-corrected chi connectivity index (χ1v) is 7.77. The normalized spacial score (nSPS) is 15.9. The van der Waals surface area contributed by atoms with Gasteiger partial charge in [0, 0.05) is 12.6 Å². The highest BCUT2D eigenvalue weighted by Gasteiger charge is 2.13. The molecule has 0 aliphatic heterocycles. The van der Waals surface area contributed by atoms with E-state index >= 15 is 0 Å². The molecule has 0 heterocycles. The van der Waals surface area contributed by atoms with E-state index in [1.165, 1.54) is 32.1 Å². The molecular formula is C16H23FN2S. The van der Waals surface area contributed by atoms with Gasteiger partial charge in [0.25, 0.3) is 0 Å². The topological polar surface area (TPSA) is 24.1 Å². The highest BCUT2D eigenvalue weighted by Crippen LogP contribution is 2.17. The number of halogens is 1. The molecule has 4 heteroatoms. The first kappa shape index (κ1) is 15.2. The van der Waals surface area contributed by atoms with Crippen molar-refractivity contribution < 1.29 is 4.39 Å². The van der Waals surface area contributed by atoms with Crippen molar-refractivity contribution >= 4 is 17.3 Å². The fraction of sp³-hybridized carbons (Fsp3) is 0.562. The third-order valence-electron chi connectivity index (χ3n) is 3.89. The number of hydrogen-bond donors (Lipinski definition) is 2. The summed E-state index contributed by atoms with van der Waals surface area (Å²) in [4.78, 5) is 0. The van der Waals surface area contributed by atoms with Crippen LogP contribution in [0.2, 0.25) is 0 Å². The van der Waals surface area contributed by atoms with Gasteiger partial charge in [-0.25, -0.2) is 4.39 Å². The molecule has 110 valence electrons. The fourth-order valence-electron chi connectivity index (χ4n) is 2.80. The molecule has 1 aromatic rings. The Morgan fingerprint density at radius 2 is 1.80 bits per heavy atom. The van der Waals surface area contributed by atoms with E-state index in [0.29, 0.717) is 28.8 Å². The highest BCUT2D eigenvalue weighted by atomic mass is 32.1. The lowest BCUT2D eigenvalue weighted by Crippen LogP contribution is -2.42. The van der Waals surface area contributed by atoms with E-state index in [-0.39, 0.29) is 5.82 Å². The van der Waals surface area contributed by atoms with Crippen LogP contribution in [0.25, 0.3) is 0 Å². The van der Waals surface area contributed by atoms with E-state index in [9.17, 15) is 4.39 Å². The van der Waals surface area contributed by atoms with Crippen molar-refractivity contribution in [2.75, 3.05) is 0 Å². The van der Waals surface area contributed by atoms with Gasteiger partial charge in [0.05, 0.1) is 0 Å². The second kappa shape index (κ2) is 7.02. The molecule has 1 fully saturated rings. The van der Waals surface area contributed by atoms with Crippen LogP contribution in [-0.2, 0) is 6.54 Å². The summed E-state index contributed by atoms with van der Waals surface area (Å²) in [6.07, 6.45) is 6.33. The van der Waals surface area contributed by atoms with Gasteiger partial charge in [-0.05, 0) is 55.6 Å². The lowest BCUT2D eigenvalue weighted by molar-refractivity contribution is 0.412. The smallest absolute Gasteiger partial charge is 0.166 e. The standard InChI is InChI=1S/C16H23FN2S/c1-11-8-13(9-12(2)15(11)17)10-18-16(20)19-14-6-4-3-5-7-14/h8-9,14H,3-7,10H2,1-2H3,(H2,18,19,20). The maximum atomic E-state index is 13.6. The van der Waals surface area contributed by atoms with Gasteiger partial charge in [-0.3, -0.25) is 0 Å². The zero-order valence-electron chi connectivity index (χ0n) is 12.3. The summed E-state index contributed by atoms with van der Waals surface area (Å²) >= 11 is 5.33. The Kier molecular flexibility index (Phi) is 5.35. The first-order valence-electron chi connectivity index (χ1n) is 7.36. The maximum Gasteiger partial charge on any atom is 0.166 e. The highest BCUT2D eigenvalue weighted by molar-refractivity contribution is 7.80. The van der Waals surface area contributed by atoms with Crippen LogP contribution in [0, 0.1) is 19.7 Å². The summed E-state index contributed by atoms with van der Waals surface area (Å²) in [6.45, 7) is 4.23. The Balaban J connectivity index is 1.83. The Labute approximate surface area is 126 Å². The quantitative estimate of drug-likeness (QED) is 0.831. The van der Waals surface area contributed by atoms with Crippen molar-refractivity contribution in [3.8, 4) is 0 Å². The molecule has 0 radical (unpaired) electrons. The lowest BCUT2D eigenvalue weighted by atomic mass is 9.96. The molecule has 2 nitrogen and oxygen atoms in total. The zero-order valence-corrected chi connectivity index (χ0v) is 13.1. The van der Waals surface area contributed by atoms with E-state index in [0.717, 1.165) is 5.56 Å². The fourth-order valence-corrected chi connectivity index (χ4v) is 3.04. The molecule has 0 unspecified atom stereocenters. The van der Waals surface area contributed by atoms with E-state index in [1.807, 2.05) is 12.1 Å². The molecule has 1 aromatic carbocycles. The van der Waals surface area contributed by atoms with Gasteiger partial charge in [0.1, 0.15) is 5.82 Å². The SMILES string of the molecule is Cc1cc(CNC(=S)NC2CCCCC2)cc(C)c1F. The predicted molar refractivity (Wildman–Crippen MR) is 85.3 cm³/mol. The summed E-state index contributed by atoms with van der Waals surface area (Å²) in [5, 5.41) is 7.30. The van der Waals surface area contributed by atoms with E-state index in [1.54, 1.807) is 13.8 Å². The van der Waals surface area contributed by atoms with Gasteiger partial charge in [0.15, 0.2) is 5.11 Å². The lowest BCUT2D eigenvalue weighted by Gasteiger charge is -2.24. The minimum atomic E-state index is -0.114. The van der Waals surface area contributed by atoms with Gasteiger partial charge in [-0.2, -0.15) is 0 Å². The second-order valence-electron chi connectivity index (χ2n) is 5.71. The van der Waals surface area contributed by atoms with Crippen LogP contribution in [0.4, 0.5) is 4.39 Å². The summed E-state index contributed by atoms with van der Waals surface area (Å²) < 4.78 is 13.6. The Bertz CT molecular complexity index is 458. The van der Waals surface area contributed by atoms with Gasteiger partial charge >= 0.3 is 0 Å². The van der Waals surface area contributed by atoms with Gasteiger partial charge in [-0.1, -0.05) is 31.4 Å². The average Bonchev–Trinajstić information content (AvgIpc) is 2.43. The van der Waals surface area contributed by atoms with Gasteiger partial charge in [0.2, 0.25) is 0 Å². The molecule has 1 aliphatic rings. The third-order valence-corrected chi connectivity index (χ3v) is 4.15. The summed E-state index contributed by atoms with van der Waals surface area (Å²) in [5.74, 6) is -0.114. The molecule has 2 N–H and O–H groups in total. The van der Waals surface area contributed by atoms with Crippen LogP contribution in [0.1, 0.15) is 48.8 Å². The Hall–Kier alpha value is -1.16. The number of rotatable bonds is 3. The van der Waals surface area contributed by atoms with Crippen molar-refractivity contribution in [1.29, 1.82) is 0 Å². The second-order valence-corrected chi connectivity index (χ2v) is 6.11. The third kappa shape index (κ3) is 4.17. The molecule has 0 atom stereocenters. The molecule has 0 aromatic heterocycles. The molecule has 0 spiro atoms. The van der Waals surface area contributed by atoms with E-state index in [2.05, 4.69) is 10.6 Å². The Morgan fingerprint density at radius 1 is 1.20 bits per heavy atom. The van der Waals surface area contributed by atoms with Crippen LogP contribution in [0.3, 0.4) is 0 Å². The zero-order chi connectivity index (χ0) is 14.5. The monoisotopic (exact) mass is 294 g/mol. The minimum absolute atomic E-state index is 0.114. The van der Waals surface area contributed by atoms with E-state index in [4.69, 9.17) is 12.2 Å². The van der Waals surface area contributed by atoms with E-state index < -0.39 is 0 Å². The maximum absolute atomic E-state index is 13.6. The molecule has 20 heavy (non-hydrogen) atoms. The van der Waals surface area contributed by atoms with Crippen LogP contribution in [0.15, 0.2) is 12.1 Å². The van der Waals surface area contributed by atoms with Crippen molar-refractivity contribution in [3.05, 3.63) is 34.6 Å². The van der Waals surface area contributed by atoms with Gasteiger partial charge < -0.3 is 10.6 Å². The minimum Gasteiger partial charge on any atom is -0.360 e. The van der Waals surface area contributed by atoms with Crippen LogP contribution in [0.5, 0.6) is 0 Å². The molecule has 1 saturated carbocycles. The average molecular weight is 294 g/mol. The molecular weight excluding hydrogens is 271 g/mol. The number of nitrogens with one attached hydrogen (secondary N) is 2. The number of thiocarbonyl (C=S) groups is 1. The van der Waals surface area contributed by atoms with Crippen LogP contribution in [-0.4, -0.2) is 11.2 Å². The van der Waals surface area contributed by atoms with Crippen LogP contribution < -0.4 is 10.6 Å². The van der Waals surface area contributed by atoms with Crippen molar-refractivity contribution in [3.63, 3.8) is 0 Å².